The molecule has 7 heteroatoms. The van der Waals surface area contributed by atoms with Crippen LogP contribution in [-0.2, 0) is 41.9 Å². The third-order valence-electron chi connectivity index (χ3n) is 5.60. The number of aryl methyl sites for hydroxylation is 4. The van der Waals surface area contributed by atoms with Gasteiger partial charge in [0, 0.05) is 13.0 Å². The molecule has 0 N–H and O–H groups in total. The number of nitrogens with zero attached hydrogens (tertiary/aromatic N) is 3. The summed E-state index contributed by atoms with van der Waals surface area (Å²) in [5.74, 6) is 1.02. The Morgan fingerprint density at radius 2 is 1.59 bits per heavy atom. The van der Waals surface area contributed by atoms with Crippen molar-refractivity contribution in [1.82, 2.24) is 14.3 Å². The van der Waals surface area contributed by atoms with E-state index in [2.05, 4.69) is 24.2 Å². The summed E-state index contributed by atoms with van der Waals surface area (Å²) in [5.41, 5.74) is 1.20. The zero-order valence-electron chi connectivity index (χ0n) is 20.6. The van der Waals surface area contributed by atoms with E-state index < -0.39 is 11.6 Å². The van der Waals surface area contributed by atoms with Crippen LogP contribution in [0.15, 0.2) is 59.4 Å². The molecule has 0 aliphatic carbocycles. The van der Waals surface area contributed by atoms with Gasteiger partial charge in [0.1, 0.15) is 11.6 Å². The molecule has 0 saturated carbocycles. The molecule has 1 heterocycles. The zero-order chi connectivity index (χ0) is 24.6. The van der Waals surface area contributed by atoms with Gasteiger partial charge in [0.15, 0.2) is 5.60 Å². The number of ether oxygens (including phenoxy) is 2. The molecule has 0 aliphatic rings. The molecule has 34 heavy (non-hydrogen) atoms. The van der Waals surface area contributed by atoms with E-state index in [0.717, 1.165) is 30.7 Å². The maximum absolute atomic E-state index is 12.9. The zero-order valence-corrected chi connectivity index (χ0v) is 20.6. The number of carbonyl (C=O) groups is 1. The van der Waals surface area contributed by atoms with Crippen LogP contribution < -0.4 is 10.4 Å². The van der Waals surface area contributed by atoms with E-state index in [4.69, 9.17) is 9.47 Å². The summed E-state index contributed by atoms with van der Waals surface area (Å²) in [4.78, 5) is 25.0. The molecule has 0 bridgehead atoms. The molecule has 1 aromatic heterocycles. The largest absolute Gasteiger partial charge is 0.476 e. The van der Waals surface area contributed by atoms with Crippen LogP contribution in [0.25, 0.3) is 0 Å². The lowest BCUT2D eigenvalue weighted by molar-refractivity contribution is -0.158. The van der Waals surface area contributed by atoms with Crippen LogP contribution >= 0.6 is 0 Å². The molecule has 0 aliphatic heterocycles. The quantitative estimate of drug-likeness (QED) is 0.375. The number of carbonyl (C=O) groups excluding carboxylic acids is 1. The Hall–Kier alpha value is -3.35. The highest BCUT2D eigenvalue weighted by Gasteiger charge is 2.31. The van der Waals surface area contributed by atoms with Crippen molar-refractivity contribution in [2.24, 2.45) is 0 Å². The van der Waals surface area contributed by atoms with Crippen molar-refractivity contribution in [2.45, 2.75) is 72.1 Å². The monoisotopic (exact) mass is 465 g/mol. The van der Waals surface area contributed by atoms with Gasteiger partial charge in [-0.3, -0.25) is 4.57 Å². The third-order valence-corrected chi connectivity index (χ3v) is 5.60. The molecule has 0 spiro atoms. The number of hydrogen-bond acceptors (Lipinski definition) is 5. The first kappa shape index (κ1) is 25.3. The minimum absolute atomic E-state index is 0.0438. The summed E-state index contributed by atoms with van der Waals surface area (Å²) in [6.45, 7) is 8.77. The topological polar surface area (TPSA) is 75.3 Å². The molecule has 0 saturated heterocycles. The molecule has 0 radical (unpaired) electrons. The summed E-state index contributed by atoms with van der Waals surface area (Å²) < 4.78 is 14.3. The lowest BCUT2D eigenvalue weighted by Gasteiger charge is -2.24. The van der Waals surface area contributed by atoms with Gasteiger partial charge in [-0.25, -0.2) is 14.3 Å². The van der Waals surface area contributed by atoms with E-state index in [1.54, 1.807) is 30.0 Å². The van der Waals surface area contributed by atoms with E-state index >= 15 is 0 Å². The Bertz CT molecular complexity index is 1120. The minimum Gasteiger partial charge on any atom is -0.476 e. The number of hydrogen-bond donors (Lipinski definition) is 0. The van der Waals surface area contributed by atoms with Crippen molar-refractivity contribution in [2.75, 3.05) is 6.61 Å². The standard InChI is InChI=1S/C27H35N3O4/c1-5-19-29-24(28-30(26(29)32)20-18-21-10-8-7-9-11-21)17-14-22-12-15-23(16-13-22)34-27(3,4)25(31)33-6-2/h7-13,15-16H,5-6,14,17-20H2,1-4H3. The fraction of sp³-hybridized carbons (Fsp3) is 0.444. The van der Waals surface area contributed by atoms with Crippen LogP contribution in [0, 0.1) is 0 Å². The summed E-state index contributed by atoms with van der Waals surface area (Å²) in [5, 5.41) is 4.65. The summed E-state index contributed by atoms with van der Waals surface area (Å²) in [7, 11) is 0. The number of benzene rings is 2. The summed E-state index contributed by atoms with van der Waals surface area (Å²) >= 11 is 0. The Morgan fingerprint density at radius 3 is 2.24 bits per heavy atom. The van der Waals surface area contributed by atoms with Crippen molar-refractivity contribution in [3.63, 3.8) is 0 Å². The van der Waals surface area contributed by atoms with Gasteiger partial charge >= 0.3 is 11.7 Å². The highest BCUT2D eigenvalue weighted by Crippen LogP contribution is 2.21. The molecular weight excluding hydrogens is 430 g/mol. The van der Waals surface area contributed by atoms with Crippen LogP contribution in [-0.4, -0.2) is 32.5 Å². The molecule has 0 atom stereocenters. The van der Waals surface area contributed by atoms with Crippen molar-refractivity contribution < 1.29 is 14.3 Å². The van der Waals surface area contributed by atoms with Crippen molar-refractivity contribution >= 4 is 5.97 Å². The molecule has 3 rings (SSSR count). The average molecular weight is 466 g/mol. The van der Waals surface area contributed by atoms with Crippen LogP contribution in [0.2, 0.25) is 0 Å². The SMILES string of the molecule is CCCn1c(CCc2ccc(OC(C)(C)C(=O)OCC)cc2)nn(CCc2ccccc2)c1=O. The minimum atomic E-state index is -1.06. The van der Waals surface area contributed by atoms with E-state index in [-0.39, 0.29) is 5.69 Å². The maximum atomic E-state index is 12.9. The molecule has 2 aromatic carbocycles. The smallest absolute Gasteiger partial charge is 0.349 e. The third kappa shape index (κ3) is 6.59. The molecule has 0 fully saturated rings. The molecular formula is C27H35N3O4. The van der Waals surface area contributed by atoms with Gasteiger partial charge in [0.05, 0.1) is 13.2 Å². The van der Waals surface area contributed by atoms with Gasteiger partial charge in [-0.15, -0.1) is 0 Å². The fourth-order valence-corrected chi connectivity index (χ4v) is 3.77. The molecule has 7 nitrogen and oxygen atoms in total. The predicted octanol–water partition coefficient (Wildman–Crippen LogP) is 4.20. The summed E-state index contributed by atoms with van der Waals surface area (Å²) in [6.07, 6.45) is 3.06. The Balaban J connectivity index is 1.65. The van der Waals surface area contributed by atoms with Gasteiger partial charge < -0.3 is 9.47 Å². The van der Waals surface area contributed by atoms with Gasteiger partial charge in [-0.05, 0) is 63.3 Å². The van der Waals surface area contributed by atoms with Gasteiger partial charge in [-0.1, -0.05) is 49.4 Å². The van der Waals surface area contributed by atoms with Crippen molar-refractivity contribution in [1.29, 1.82) is 0 Å². The number of aromatic nitrogens is 3. The average Bonchev–Trinajstić information content (AvgIpc) is 3.12. The van der Waals surface area contributed by atoms with Crippen LogP contribution in [0.1, 0.15) is 51.1 Å². The summed E-state index contributed by atoms with van der Waals surface area (Å²) in [6, 6.07) is 17.8. The van der Waals surface area contributed by atoms with Crippen molar-refractivity contribution in [3.8, 4) is 5.75 Å². The normalized spacial score (nSPS) is 11.4. The first-order valence-electron chi connectivity index (χ1n) is 12.0. The second kappa shape index (κ2) is 11.7. The molecule has 0 unspecified atom stereocenters. The second-order valence-corrected chi connectivity index (χ2v) is 8.79. The van der Waals surface area contributed by atoms with Gasteiger partial charge in [0.2, 0.25) is 0 Å². The van der Waals surface area contributed by atoms with Crippen LogP contribution in [0.5, 0.6) is 5.75 Å². The Kier molecular flexibility index (Phi) is 8.68. The van der Waals surface area contributed by atoms with Crippen molar-refractivity contribution in [3.05, 3.63) is 82.0 Å². The fourth-order valence-electron chi connectivity index (χ4n) is 3.77. The number of rotatable bonds is 12. The second-order valence-electron chi connectivity index (χ2n) is 8.79. The highest BCUT2D eigenvalue weighted by molar-refractivity contribution is 5.79. The molecule has 3 aromatic rings. The highest BCUT2D eigenvalue weighted by atomic mass is 16.6. The van der Waals surface area contributed by atoms with E-state index in [1.807, 2.05) is 42.5 Å². The van der Waals surface area contributed by atoms with E-state index in [1.165, 1.54) is 5.56 Å². The van der Waals surface area contributed by atoms with Crippen LogP contribution in [0.3, 0.4) is 0 Å². The Labute approximate surface area is 201 Å². The van der Waals surface area contributed by atoms with Gasteiger partial charge in [-0.2, -0.15) is 5.10 Å². The molecule has 182 valence electrons. The molecule has 0 amide bonds. The lowest BCUT2D eigenvalue weighted by Crippen LogP contribution is -2.39. The Morgan fingerprint density at radius 1 is 0.912 bits per heavy atom. The maximum Gasteiger partial charge on any atom is 0.349 e. The lowest BCUT2D eigenvalue weighted by atomic mass is 10.1. The van der Waals surface area contributed by atoms with E-state index in [9.17, 15) is 9.59 Å². The first-order valence-corrected chi connectivity index (χ1v) is 12.0. The predicted molar refractivity (Wildman–Crippen MR) is 132 cm³/mol. The van der Waals surface area contributed by atoms with Crippen LogP contribution in [0.4, 0.5) is 0 Å². The number of esters is 1. The first-order chi connectivity index (χ1) is 16.3. The van der Waals surface area contributed by atoms with Gasteiger partial charge in [0.25, 0.3) is 0 Å². The van der Waals surface area contributed by atoms with E-state index in [0.29, 0.717) is 31.9 Å².